The molecule has 21 heavy (non-hydrogen) atoms. The molecule has 0 fully saturated rings. The summed E-state index contributed by atoms with van der Waals surface area (Å²) in [4.78, 5) is 11.7. The molecule has 0 radical (unpaired) electrons. The second-order valence-electron chi connectivity index (χ2n) is 5.57. The molecule has 0 N–H and O–H groups in total. The third-order valence-electron chi connectivity index (χ3n) is 2.83. The molecule has 118 valence electrons. The number of ether oxygens (including phenoxy) is 2. The SMILES string of the molecule is CCOC(=O)C(OC(F)(F)F)c1ccc(C(C)(C)C)cc1. The number of hydrogen-bond acceptors (Lipinski definition) is 3. The first kappa shape index (κ1) is 17.5. The summed E-state index contributed by atoms with van der Waals surface area (Å²) in [5.41, 5.74) is 0.919. The van der Waals surface area contributed by atoms with Crippen molar-refractivity contribution in [1.29, 1.82) is 0 Å². The van der Waals surface area contributed by atoms with Gasteiger partial charge in [-0.1, -0.05) is 45.0 Å². The number of hydrogen-bond donors (Lipinski definition) is 0. The first-order valence-electron chi connectivity index (χ1n) is 6.56. The van der Waals surface area contributed by atoms with Gasteiger partial charge in [0.1, 0.15) is 0 Å². The van der Waals surface area contributed by atoms with Crippen molar-refractivity contribution < 1.29 is 27.4 Å². The highest BCUT2D eigenvalue weighted by Gasteiger charge is 2.38. The van der Waals surface area contributed by atoms with Crippen LogP contribution >= 0.6 is 0 Å². The molecule has 0 spiro atoms. The van der Waals surface area contributed by atoms with E-state index in [0.717, 1.165) is 5.56 Å². The third kappa shape index (κ3) is 5.38. The van der Waals surface area contributed by atoms with Crippen LogP contribution in [0.4, 0.5) is 13.2 Å². The zero-order valence-corrected chi connectivity index (χ0v) is 12.5. The molecule has 1 atom stereocenters. The molecule has 0 amide bonds. The highest BCUT2D eigenvalue weighted by atomic mass is 19.4. The van der Waals surface area contributed by atoms with Crippen LogP contribution in [-0.2, 0) is 19.7 Å². The highest BCUT2D eigenvalue weighted by Crippen LogP contribution is 2.30. The van der Waals surface area contributed by atoms with Crippen molar-refractivity contribution >= 4 is 5.97 Å². The first-order valence-corrected chi connectivity index (χ1v) is 6.56. The highest BCUT2D eigenvalue weighted by molar-refractivity contribution is 5.76. The van der Waals surface area contributed by atoms with Gasteiger partial charge < -0.3 is 4.74 Å². The van der Waals surface area contributed by atoms with E-state index in [1.807, 2.05) is 20.8 Å². The maximum atomic E-state index is 12.4. The van der Waals surface area contributed by atoms with Gasteiger partial charge in [-0.15, -0.1) is 13.2 Å². The number of carbonyl (C=O) groups is 1. The fourth-order valence-electron chi connectivity index (χ4n) is 1.76. The minimum absolute atomic E-state index is 0.0172. The number of halogens is 3. The third-order valence-corrected chi connectivity index (χ3v) is 2.83. The van der Waals surface area contributed by atoms with Crippen LogP contribution in [0, 0.1) is 0 Å². The van der Waals surface area contributed by atoms with E-state index in [1.165, 1.54) is 19.1 Å². The molecule has 0 bridgehead atoms. The summed E-state index contributed by atoms with van der Waals surface area (Å²) in [6, 6.07) is 6.27. The minimum atomic E-state index is -4.92. The van der Waals surface area contributed by atoms with E-state index in [4.69, 9.17) is 0 Å². The summed E-state index contributed by atoms with van der Waals surface area (Å²) < 4.78 is 45.8. The van der Waals surface area contributed by atoms with Crippen molar-refractivity contribution in [3.63, 3.8) is 0 Å². The summed E-state index contributed by atoms with van der Waals surface area (Å²) >= 11 is 0. The normalized spacial score (nSPS) is 13.9. The summed E-state index contributed by atoms with van der Waals surface area (Å²) in [7, 11) is 0. The summed E-state index contributed by atoms with van der Waals surface area (Å²) in [5.74, 6) is -1.06. The van der Waals surface area contributed by atoms with E-state index in [1.54, 1.807) is 12.1 Å². The number of carbonyl (C=O) groups excluding carboxylic acids is 1. The van der Waals surface area contributed by atoms with Gasteiger partial charge in [0.15, 0.2) is 6.10 Å². The molecule has 0 saturated carbocycles. The molecule has 1 aromatic carbocycles. The molecule has 1 aromatic rings. The minimum Gasteiger partial charge on any atom is -0.464 e. The Balaban J connectivity index is 3.06. The topological polar surface area (TPSA) is 35.5 Å². The maximum Gasteiger partial charge on any atom is 0.523 e. The van der Waals surface area contributed by atoms with Crippen LogP contribution < -0.4 is 0 Å². The predicted octanol–water partition coefficient (Wildman–Crippen LogP) is 4.12. The molecule has 1 rings (SSSR count). The number of benzene rings is 1. The molecule has 6 heteroatoms. The van der Waals surface area contributed by atoms with Gasteiger partial charge in [0, 0.05) is 0 Å². The molecular weight excluding hydrogens is 285 g/mol. The Morgan fingerprint density at radius 2 is 1.67 bits per heavy atom. The van der Waals surface area contributed by atoms with Gasteiger partial charge in [0.2, 0.25) is 0 Å². The second-order valence-corrected chi connectivity index (χ2v) is 5.57. The number of alkyl halides is 3. The van der Waals surface area contributed by atoms with Crippen LogP contribution in [0.1, 0.15) is 44.9 Å². The molecule has 0 aliphatic carbocycles. The number of esters is 1. The van der Waals surface area contributed by atoms with Crippen molar-refractivity contribution in [2.45, 2.75) is 45.6 Å². The van der Waals surface area contributed by atoms with Crippen LogP contribution in [0.5, 0.6) is 0 Å². The molecule has 0 aliphatic rings. The fraction of sp³-hybridized carbons (Fsp3) is 0.533. The van der Waals surface area contributed by atoms with Crippen LogP contribution in [0.2, 0.25) is 0 Å². The predicted molar refractivity (Wildman–Crippen MR) is 71.7 cm³/mol. The smallest absolute Gasteiger partial charge is 0.464 e. The Morgan fingerprint density at radius 3 is 2.05 bits per heavy atom. The van der Waals surface area contributed by atoms with Crippen LogP contribution in [0.25, 0.3) is 0 Å². The monoisotopic (exact) mass is 304 g/mol. The Bertz CT molecular complexity index is 472. The van der Waals surface area contributed by atoms with Crippen molar-refractivity contribution in [3.05, 3.63) is 35.4 Å². The lowest BCUT2D eigenvalue weighted by molar-refractivity contribution is -0.342. The average molecular weight is 304 g/mol. The Morgan fingerprint density at radius 1 is 1.14 bits per heavy atom. The van der Waals surface area contributed by atoms with E-state index in [9.17, 15) is 18.0 Å². The molecule has 0 saturated heterocycles. The fourth-order valence-corrected chi connectivity index (χ4v) is 1.76. The quantitative estimate of drug-likeness (QED) is 0.785. The first-order chi connectivity index (χ1) is 9.54. The lowest BCUT2D eigenvalue weighted by Gasteiger charge is -2.21. The molecular formula is C15H19F3O3. The molecule has 0 heterocycles. The van der Waals surface area contributed by atoms with Crippen molar-refractivity contribution in [2.75, 3.05) is 6.61 Å². The molecule has 1 unspecified atom stereocenters. The van der Waals surface area contributed by atoms with E-state index in [-0.39, 0.29) is 17.6 Å². The lowest BCUT2D eigenvalue weighted by Crippen LogP contribution is -2.26. The molecule has 3 nitrogen and oxygen atoms in total. The maximum absolute atomic E-state index is 12.4. The zero-order chi connectivity index (χ0) is 16.3. The van der Waals surface area contributed by atoms with Crippen molar-refractivity contribution in [2.24, 2.45) is 0 Å². The number of rotatable bonds is 4. The van der Waals surface area contributed by atoms with Crippen LogP contribution in [-0.4, -0.2) is 18.9 Å². The summed E-state index contributed by atoms with van der Waals surface area (Å²) in [5, 5.41) is 0. The van der Waals surface area contributed by atoms with Gasteiger partial charge in [0.25, 0.3) is 0 Å². The second kappa shape index (κ2) is 6.47. The van der Waals surface area contributed by atoms with Crippen molar-refractivity contribution in [1.82, 2.24) is 0 Å². The Labute approximate surface area is 122 Å². The van der Waals surface area contributed by atoms with E-state index in [0.29, 0.717) is 0 Å². The van der Waals surface area contributed by atoms with E-state index in [2.05, 4.69) is 9.47 Å². The van der Waals surface area contributed by atoms with Gasteiger partial charge in [0.05, 0.1) is 6.61 Å². The van der Waals surface area contributed by atoms with Gasteiger partial charge in [-0.25, -0.2) is 4.79 Å². The summed E-state index contributed by atoms with van der Waals surface area (Å²) in [6.07, 6.45) is -6.72. The molecule has 0 aliphatic heterocycles. The molecule has 0 aromatic heterocycles. The standard InChI is InChI=1S/C15H19F3O3/c1-5-20-13(19)12(21-15(16,17)18)10-6-8-11(9-7-10)14(2,3)4/h6-9,12H,5H2,1-4H3. The largest absolute Gasteiger partial charge is 0.523 e. The van der Waals surface area contributed by atoms with Crippen LogP contribution in [0.3, 0.4) is 0 Å². The lowest BCUT2D eigenvalue weighted by atomic mass is 9.86. The zero-order valence-electron chi connectivity index (χ0n) is 12.5. The Kier molecular flexibility index (Phi) is 5.39. The van der Waals surface area contributed by atoms with Gasteiger partial charge in [-0.3, -0.25) is 4.74 Å². The summed E-state index contributed by atoms with van der Waals surface area (Å²) in [6.45, 7) is 7.45. The van der Waals surface area contributed by atoms with Crippen LogP contribution in [0.15, 0.2) is 24.3 Å². The van der Waals surface area contributed by atoms with E-state index < -0.39 is 18.4 Å². The van der Waals surface area contributed by atoms with Gasteiger partial charge in [-0.05, 0) is 23.5 Å². The Hall–Kier alpha value is -1.56. The van der Waals surface area contributed by atoms with Gasteiger partial charge in [-0.2, -0.15) is 0 Å². The average Bonchev–Trinajstić information content (AvgIpc) is 2.34. The van der Waals surface area contributed by atoms with Crippen molar-refractivity contribution in [3.8, 4) is 0 Å². The van der Waals surface area contributed by atoms with Gasteiger partial charge >= 0.3 is 12.3 Å². The van der Waals surface area contributed by atoms with E-state index >= 15 is 0 Å².